The summed E-state index contributed by atoms with van der Waals surface area (Å²) >= 11 is 0. The number of benzene rings is 2. The molecule has 1 aromatic heterocycles. The number of hydrogen-bond donors (Lipinski definition) is 0. The molecule has 0 aliphatic carbocycles. The predicted octanol–water partition coefficient (Wildman–Crippen LogP) is 3.15. The standard InChI is InChI=1S/C19H21N5/c1-4-23-13-14-9-5-6-10-15(14)19-18(20-21-24(19)22(2)3)16-11-7-8-12-17(16)23/h5-12H,4,13H2,1-3H3. The molecule has 0 saturated carbocycles. The minimum Gasteiger partial charge on any atom is -0.367 e. The first-order valence-corrected chi connectivity index (χ1v) is 8.26. The first kappa shape index (κ1) is 14.8. The molecule has 0 radical (unpaired) electrons. The van der Waals surface area contributed by atoms with Crippen LogP contribution in [0.1, 0.15) is 12.5 Å². The number of nitrogens with zero attached hydrogens (tertiary/aromatic N) is 5. The Morgan fingerprint density at radius 1 is 1.00 bits per heavy atom. The van der Waals surface area contributed by atoms with E-state index in [4.69, 9.17) is 0 Å². The Morgan fingerprint density at radius 2 is 1.71 bits per heavy atom. The molecule has 2 heterocycles. The van der Waals surface area contributed by atoms with Crippen LogP contribution in [-0.2, 0) is 6.54 Å². The zero-order valence-corrected chi connectivity index (χ0v) is 14.3. The highest BCUT2D eigenvalue weighted by Crippen LogP contribution is 2.40. The summed E-state index contributed by atoms with van der Waals surface area (Å²) in [5.74, 6) is 0. The number of aromatic nitrogens is 3. The maximum atomic E-state index is 4.53. The molecule has 1 aliphatic rings. The largest absolute Gasteiger partial charge is 0.367 e. The molecule has 0 amide bonds. The van der Waals surface area contributed by atoms with Gasteiger partial charge < -0.3 is 9.91 Å². The maximum absolute atomic E-state index is 4.53. The molecule has 0 unspecified atom stereocenters. The van der Waals surface area contributed by atoms with Crippen LogP contribution in [0.3, 0.4) is 0 Å². The van der Waals surface area contributed by atoms with Crippen LogP contribution in [0.25, 0.3) is 22.5 Å². The van der Waals surface area contributed by atoms with E-state index < -0.39 is 0 Å². The number of rotatable bonds is 2. The average molecular weight is 319 g/mol. The molecular formula is C19H21N5. The minimum atomic E-state index is 0.877. The third kappa shape index (κ3) is 2.16. The van der Waals surface area contributed by atoms with Crippen LogP contribution in [0.2, 0.25) is 0 Å². The fourth-order valence-electron chi connectivity index (χ4n) is 3.38. The van der Waals surface area contributed by atoms with Crippen molar-refractivity contribution in [2.24, 2.45) is 0 Å². The van der Waals surface area contributed by atoms with E-state index in [0.29, 0.717) is 0 Å². The summed E-state index contributed by atoms with van der Waals surface area (Å²) in [4.78, 5) is 4.28. The van der Waals surface area contributed by atoms with E-state index in [1.807, 2.05) is 23.9 Å². The maximum Gasteiger partial charge on any atom is 0.125 e. The van der Waals surface area contributed by atoms with Gasteiger partial charge in [-0.05, 0) is 23.8 Å². The Bertz CT molecular complexity index is 881. The molecule has 122 valence electrons. The Hall–Kier alpha value is -2.82. The lowest BCUT2D eigenvalue weighted by molar-refractivity contribution is 0.615. The highest BCUT2D eigenvalue weighted by molar-refractivity contribution is 5.88. The second-order valence-electron chi connectivity index (χ2n) is 6.21. The molecule has 0 N–H and O–H groups in total. The fourth-order valence-corrected chi connectivity index (χ4v) is 3.38. The van der Waals surface area contributed by atoms with Gasteiger partial charge in [-0.15, -0.1) is 5.10 Å². The van der Waals surface area contributed by atoms with E-state index in [-0.39, 0.29) is 0 Å². The molecule has 5 nitrogen and oxygen atoms in total. The van der Waals surface area contributed by atoms with Gasteiger partial charge in [0, 0.05) is 44.0 Å². The Balaban J connectivity index is 2.09. The van der Waals surface area contributed by atoms with Gasteiger partial charge in [0.05, 0.1) is 0 Å². The average Bonchev–Trinajstić information content (AvgIpc) is 3.03. The molecule has 3 aromatic rings. The van der Waals surface area contributed by atoms with E-state index in [1.54, 1.807) is 0 Å². The number of anilines is 1. The minimum absolute atomic E-state index is 0.877. The molecule has 0 fully saturated rings. The lowest BCUT2D eigenvalue weighted by Crippen LogP contribution is -2.28. The van der Waals surface area contributed by atoms with E-state index >= 15 is 0 Å². The smallest absolute Gasteiger partial charge is 0.125 e. The Kier molecular flexibility index (Phi) is 3.49. The molecule has 4 rings (SSSR count). The van der Waals surface area contributed by atoms with Crippen molar-refractivity contribution in [3.8, 4) is 22.5 Å². The van der Waals surface area contributed by atoms with Gasteiger partial charge in [0.1, 0.15) is 11.4 Å². The van der Waals surface area contributed by atoms with Crippen LogP contribution < -0.4 is 9.91 Å². The molecule has 0 bridgehead atoms. The summed E-state index contributed by atoms with van der Waals surface area (Å²) in [6, 6.07) is 17.0. The van der Waals surface area contributed by atoms with Crippen molar-refractivity contribution < 1.29 is 0 Å². The summed E-state index contributed by atoms with van der Waals surface area (Å²) < 4.78 is 0. The molecule has 0 spiro atoms. The van der Waals surface area contributed by atoms with E-state index in [0.717, 1.165) is 30.0 Å². The molecule has 1 aliphatic heterocycles. The summed E-state index contributed by atoms with van der Waals surface area (Å²) in [7, 11) is 3.97. The topological polar surface area (TPSA) is 37.2 Å². The van der Waals surface area contributed by atoms with Crippen molar-refractivity contribution in [1.82, 2.24) is 15.1 Å². The van der Waals surface area contributed by atoms with Crippen LogP contribution in [0, 0.1) is 0 Å². The van der Waals surface area contributed by atoms with Gasteiger partial charge in [-0.25, -0.2) is 0 Å². The predicted molar refractivity (Wildman–Crippen MR) is 97.7 cm³/mol. The van der Waals surface area contributed by atoms with Gasteiger partial charge in [-0.1, -0.05) is 42.5 Å². The van der Waals surface area contributed by atoms with Gasteiger partial charge in [-0.2, -0.15) is 4.79 Å². The molecule has 5 heteroatoms. The first-order valence-electron chi connectivity index (χ1n) is 8.26. The SMILES string of the molecule is CCN1Cc2ccccc2-c2c(nnn2N(C)C)-c2ccccc21. The van der Waals surface area contributed by atoms with Crippen LogP contribution in [-0.4, -0.2) is 35.7 Å². The Morgan fingerprint density at radius 3 is 2.46 bits per heavy atom. The molecule has 2 aromatic carbocycles. The summed E-state index contributed by atoms with van der Waals surface area (Å²) in [6.07, 6.45) is 0. The highest BCUT2D eigenvalue weighted by atomic mass is 15.7. The molecular weight excluding hydrogens is 298 g/mol. The van der Waals surface area contributed by atoms with Crippen LogP contribution >= 0.6 is 0 Å². The van der Waals surface area contributed by atoms with Crippen molar-refractivity contribution in [1.29, 1.82) is 0 Å². The number of fused-ring (bicyclic) bond motifs is 5. The van der Waals surface area contributed by atoms with E-state index in [9.17, 15) is 0 Å². The van der Waals surface area contributed by atoms with Gasteiger partial charge in [-0.3, -0.25) is 0 Å². The second kappa shape index (κ2) is 5.67. The number of hydrogen-bond acceptors (Lipinski definition) is 4. The zero-order chi connectivity index (χ0) is 16.7. The van der Waals surface area contributed by atoms with Crippen molar-refractivity contribution in [2.75, 3.05) is 30.5 Å². The highest BCUT2D eigenvalue weighted by Gasteiger charge is 2.26. The molecule has 24 heavy (non-hydrogen) atoms. The summed E-state index contributed by atoms with van der Waals surface area (Å²) in [5.41, 5.74) is 6.82. The van der Waals surface area contributed by atoms with Crippen LogP contribution in [0.15, 0.2) is 48.5 Å². The molecule has 0 atom stereocenters. The number of para-hydroxylation sites is 1. The van der Waals surface area contributed by atoms with Crippen LogP contribution in [0.4, 0.5) is 5.69 Å². The van der Waals surface area contributed by atoms with Crippen molar-refractivity contribution in [3.05, 3.63) is 54.1 Å². The van der Waals surface area contributed by atoms with Gasteiger partial charge >= 0.3 is 0 Å². The van der Waals surface area contributed by atoms with E-state index in [2.05, 4.69) is 70.7 Å². The lowest BCUT2D eigenvalue weighted by atomic mass is 9.96. The van der Waals surface area contributed by atoms with Crippen molar-refractivity contribution in [3.63, 3.8) is 0 Å². The quantitative estimate of drug-likeness (QED) is 0.727. The van der Waals surface area contributed by atoms with Crippen molar-refractivity contribution in [2.45, 2.75) is 13.5 Å². The van der Waals surface area contributed by atoms with Gasteiger partial charge in [0.15, 0.2) is 0 Å². The zero-order valence-electron chi connectivity index (χ0n) is 14.3. The van der Waals surface area contributed by atoms with Gasteiger partial charge in [0.25, 0.3) is 0 Å². The first-order chi connectivity index (χ1) is 11.7. The molecule has 0 saturated heterocycles. The van der Waals surface area contributed by atoms with Gasteiger partial charge in [0.2, 0.25) is 0 Å². The summed E-state index contributed by atoms with van der Waals surface area (Å²) in [6.45, 7) is 4.02. The monoisotopic (exact) mass is 319 g/mol. The van der Waals surface area contributed by atoms with Crippen molar-refractivity contribution >= 4 is 5.69 Å². The Labute approximate surface area is 142 Å². The summed E-state index contributed by atoms with van der Waals surface area (Å²) in [5, 5.41) is 10.9. The fraction of sp³-hybridized carbons (Fsp3) is 0.263. The normalized spacial score (nSPS) is 12.7. The van der Waals surface area contributed by atoms with E-state index in [1.165, 1.54) is 16.8 Å². The van der Waals surface area contributed by atoms with Crippen LogP contribution in [0.5, 0.6) is 0 Å². The lowest BCUT2D eigenvalue weighted by Gasteiger charge is -2.29. The second-order valence-corrected chi connectivity index (χ2v) is 6.21. The third-order valence-corrected chi connectivity index (χ3v) is 4.55. The third-order valence-electron chi connectivity index (χ3n) is 4.55.